The maximum atomic E-state index is 10.00. The van der Waals surface area contributed by atoms with Gasteiger partial charge in [0.2, 0.25) is 0 Å². The molecule has 0 bridgehead atoms. The molecule has 1 aliphatic carbocycles. The summed E-state index contributed by atoms with van der Waals surface area (Å²) in [6.07, 6.45) is 5.07. The number of rotatable bonds is 3. The van der Waals surface area contributed by atoms with E-state index >= 15 is 0 Å². The van der Waals surface area contributed by atoms with Gasteiger partial charge in [0, 0.05) is 31.5 Å². The van der Waals surface area contributed by atoms with E-state index in [4.69, 9.17) is 9.83 Å². The van der Waals surface area contributed by atoms with E-state index in [1.807, 2.05) is 24.3 Å². The van der Waals surface area contributed by atoms with Crippen molar-refractivity contribution < 1.29 is 4.42 Å². The van der Waals surface area contributed by atoms with Crippen LogP contribution in [-0.4, -0.2) is 23.7 Å². The van der Waals surface area contributed by atoms with E-state index in [9.17, 15) is 15.8 Å². The van der Waals surface area contributed by atoms with Crippen molar-refractivity contribution in [2.75, 3.05) is 13.1 Å². The largest absolute Gasteiger partial charge is 0.472 e. The van der Waals surface area contributed by atoms with Crippen LogP contribution < -0.4 is 0 Å². The fraction of sp³-hybridized carbons (Fsp3) is 0.304. The quantitative estimate of drug-likeness (QED) is 0.816. The Hall–Kier alpha value is -3.66. The topological polar surface area (TPSA) is 112 Å². The van der Waals surface area contributed by atoms with Gasteiger partial charge in [0.25, 0.3) is 0 Å². The molecule has 1 aromatic heterocycles. The molecule has 1 fully saturated rings. The van der Waals surface area contributed by atoms with Crippen LogP contribution in [-0.2, 0) is 6.54 Å². The van der Waals surface area contributed by atoms with Crippen LogP contribution in [0.1, 0.15) is 17.0 Å². The lowest BCUT2D eigenvalue weighted by Crippen LogP contribution is -2.52. The highest BCUT2D eigenvalue weighted by molar-refractivity contribution is 6.00. The zero-order chi connectivity index (χ0) is 20.4. The first-order valence-corrected chi connectivity index (χ1v) is 9.44. The molecule has 1 aliphatic heterocycles. The zero-order valence-corrected chi connectivity index (χ0v) is 15.7. The van der Waals surface area contributed by atoms with Crippen LogP contribution >= 0.6 is 0 Å². The predicted molar refractivity (Wildman–Crippen MR) is 105 cm³/mol. The molecule has 0 amide bonds. The lowest BCUT2D eigenvalue weighted by atomic mass is 9.54. The van der Waals surface area contributed by atoms with Crippen molar-refractivity contribution in [2.45, 2.75) is 12.5 Å². The molecule has 4 rings (SSSR count). The SMILES string of the molecule is N#CC1C(=N)C(C#N)(C#N)[C@@H](c2ccoc2)[C@H]2CN(Cc3ccccc3)CC=C12. The highest BCUT2D eigenvalue weighted by Gasteiger charge is 2.58. The van der Waals surface area contributed by atoms with Crippen LogP contribution in [0.4, 0.5) is 0 Å². The smallest absolute Gasteiger partial charge is 0.189 e. The van der Waals surface area contributed by atoms with Crippen LogP contribution in [0.5, 0.6) is 0 Å². The molecule has 2 aliphatic rings. The normalized spacial score (nSPS) is 25.8. The molecule has 3 atom stereocenters. The number of nitrogens with one attached hydrogen (secondary N) is 1. The maximum absolute atomic E-state index is 10.00. The highest BCUT2D eigenvalue weighted by atomic mass is 16.3. The number of hydrogen-bond donors (Lipinski definition) is 1. The lowest BCUT2D eigenvalue weighted by molar-refractivity contribution is 0.197. The average Bonchev–Trinajstić information content (AvgIpc) is 3.28. The van der Waals surface area contributed by atoms with E-state index in [0.717, 1.165) is 12.1 Å². The van der Waals surface area contributed by atoms with Crippen molar-refractivity contribution in [1.29, 1.82) is 21.2 Å². The molecule has 1 aromatic carbocycles. The molecule has 1 unspecified atom stereocenters. The summed E-state index contributed by atoms with van der Waals surface area (Å²) in [7, 11) is 0. The number of furan rings is 1. The second-order valence-corrected chi connectivity index (χ2v) is 7.53. The van der Waals surface area contributed by atoms with Crippen molar-refractivity contribution in [1.82, 2.24) is 4.90 Å². The van der Waals surface area contributed by atoms with Crippen LogP contribution in [0, 0.1) is 56.7 Å². The molecule has 29 heavy (non-hydrogen) atoms. The third kappa shape index (κ3) is 2.93. The standard InChI is InChI=1S/C23H19N5O/c24-10-19-18-6-8-28(11-16-4-2-1-3-5-16)12-20(18)21(17-7-9-29-13-17)23(14-25,15-26)22(19)27/h1-7,9,13,19-21,27H,8,11-12H2/t19?,20-,21-/m0/s1. The van der Waals surface area contributed by atoms with Gasteiger partial charge in [-0.1, -0.05) is 36.4 Å². The van der Waals surface area contributed by atoms with E-state index in [0.29, 0.717) is 18.7 Å². The Morgan fingerprint density at radius 2 is 1.90 bits per heavy atom. The summed E-state index contributed by atoms with van der Waals surface area (Å²) in [6.45, 7) is 2.00. The van der Waals surface area contributed by atoms with Gasteiger partial charge in [-0.05, 0) is 22.8 Å². The molecular weight excluding hydrogens is 362 g/mol. The van der Waals surface area contributed by atoms with Crippen LogP contribution in [0.15, 0.2) is 65.0 Å². The Kier molecular flexibility index (Phi) is 4.77. The molecule has 0 radical (unpaired) electrons. The van der Waals surface area contributed by atoms with E-state index in [1.165, 1.54) is 11.8 Å². The maximum Gasteiger partial charge on any atom is 0.189 e. The van der Waals surface area contributed by atoms with Gasteiger partial charge in [-0.25, -0.2) is 0 Å². The molecular formula is C23H19N5O. The van der Waals surface area contributed by atoms with Crippen LogP contribution in [0.25, 0.3) is 0 Å². The van der Waals surface area contributed by atoms with Gasteiger partial charge in [0.1, 0.15) is 5.92 Å². The van der Waals surface area contributed by atoms with Crippen LogP contribution in [0.2, 0.25) is 0 Å². The van der Waals surface area contributed by atoms with Crippen LogP contribution in [0.3, 0.4) is 0 Å². The summed E-state index contributed by atoms with van der Waals surface area (Å²) < 4.78 is 5.25. The molecule has 1 saturated carbocycles. The number of nitrogens with zero attached hydrogens (tertiary/aromatic N) is 4. The highest BCUT2D eigenvalue weighted by Crippen LogP contribution is 2.53. The van der Waals surface area contributed by atoms with Gasteiger partial charge in [-0.3, -0.25) is 4.90 Å². The molecule has 2 aromatic rings. The van der Waals surface area contributed by atoms with Gasteiger partial charge in [-0.15, -0.1) is 0 Å². The van der Waals surface area contributed by atoms with Crippen molar-refractivity contribution in [3.8, 4) is 18.2 Å². The number of hydrogen-bond acceptors (Lipinski definition) is 6. The fourth-order valence-electron chi connectivity index (χ4n) is 4.67. The van der Waals surface area contributed by atoms with Crippen molar-refractivity contribution >= 4 is 5.71 Å². The minimum Gasteiger partial charge on any atom is -0.472 e. The zero-order valence-electron chi connectivity index (χ0n) is 15.7. The molecule has 1 N–H and O–H groups in total. The number of benzene rings is 1. The van der Waals surface area contributed by atoms with E-state index in [1.54, 1.807) is 12.3 Å². The number of nitriles is 3. The Morgan fingerprint density at radius 1 is 1.14 bits per heavy atom. The van der Waals surface area contributed by atoms with E-state index < -0.39 is 17.3 Å². The predicted octanol–water partition coefficient (Wildman–Crippen LogP) is 3.63. The second kappa shape index (κ2) is 7.40. The second-order valence-electron chi connectivity index (χ2n) is 7.53. The van der Waals surface area contributed by atoms with Crippen molar-refractivity contribution in [3.05, 3.63) is 71.7 Å². The molecule has 6 heteroatoms. The summed E-state index contributed by atoms with van der Waals surface area (Å²) >= 11 is 0. The third-order valence-corrected chi connectivity index (χ3v) is 6.02. The molecule has 6 nitrogen and oxygen atoms in total. The van der Waals surface area contributed by atoms with E-state index in [2.05, 4.69) is 35.2 Å². The Balaban J connectivity index is 1.78. The first-order valence-electron chi connectivity index (χ1n) is 9.44. The molecule has 2 heterocycles. The van der Waals surface area contributed by atoms with Gasteiger partial charge in [-0.2, -0.15) is 15.8 Å². The summed E-state index contributed by atoms with van der Waals surface area (Å²) in [5.74, 6) is -1.62. The van der Waals surface area contributed by atoms with E-state index in [-0.39, 0.29) is 11.6 Å². The fourth-order valence-corrected chi connectivity index (χ4v) is 4.67. The minimum atomic E-state index is -1.69. The van der Waals surface area contributed by atoms with Gasteiger partial charge >= 0.3 is 0 Å². The summed E-state index contributed by atoms with van der Waals surface area (Å²) in [5, 5.41) is 38.3. The lowest BCUT2D eigenvalue weighted by Gasteiger charge is -2.47. The van der Waals surface area contributed by atoms with Gasteiger partial charge in [0.15, 0.2) is 5.41 Å². The third-order valence-electron chi connectivity index (χ3n) is 6.02. The molecule has 142 valence electrons. The Bertz CT molecular complexity index is 1050. The Labute approximate surface area is 169 Å². The first kappa shape index (κ1) is 18.7. The summed E-state index contributed by atoms with van der Waals surface area (Å²) in [6, 6.07) is 18.2. The van der Waals surface area contributed by atoms with Gasteiger partial charge in [0.05, 0.1) is 36.4 Å². The summed E-state index contributed by atoms with van der Waals surface area (Å²) in [5.41, 5.74) is 0.912. The average molecular weight is 381 g/mol. The first-order chi connectivity index (χ1) is 14.1. The molecule has 0 saturated heterocycles. The monoisotopic (exact) mass is 381 g/mol. The molecule has 0 spiro atoms. The summed E-state index contributed by atoms with van der Waals surface area (Å²) in [4.78, 5) is 2.25. The minimum absolute atomic E-state index is 0.129. The number of fused-ring (bicyclic) bond motifs is 1. The van der Waals surface area contributed by atoms with Crippen molar-refractivity contribution in [3.63, 3.8) is 0 Å². The van der Waals surface area contributed by atoms with Crippen molar-refractivity contribution in [2.24, 2.45) is 17.3 Å². The van der Waals surface area contributed by atoms with Gasteiger partial charge < -0.3 is 9.83 Å². The Morgan fingerprint density at radius 3 is 2.52 bits per heavy atom.